The van der Waals surface area contributed by atoms with Crippen LogP contribution in [0, 0.1) is 0 Å². The van der Waals surface area contributed by atoms with Gasteiger partial charge in [-0.2, -0.15) is 0 Å². The van der Waals surface area contributed by atoms with Crippen LogP contribution in [0.5, 0.6) is 0 Å². The van der Waals surface area contributed by atoms with Crippen LogP contribution in [0.4, 0.5) is 5.69 Å². The lowest BCUT2D eigenvalue weighted by atomic mass is 9.76. The maximum Gasteiger partial charge on any atom is 0.0549 e. The summed E-state index contributed by atoms with van der Waals surface area (Å²) in [6.45, 7) is 0. The minimum absolute atomic E-state index is 0.548. The molecule has 0 unspecified atom stereocenters. The number of benzene rings is 2. The van der Waals surface area contributed by atoms with Crippen LogP contribution in [0.25, 0.3) is 0 Å². The van der Waals surface area contributed by atoms with Crippen molar-refractivity contribution in [2.75, 3.05) is 5.32 Å². The summed E-state index contributed by atoms with van der Waals surface area (Å²) in [5, 5.41) is 4.31. The molecule has 104 valence electrons. The van der Waals surface area contributed by atoms with E-state index in [4.69, 9.17) is 11.6 Å². The molecule has 1 aliphatic rings. The molecule has 0 radical (unpaired) electrons. The molecular formula is C16H14Br2ClN. The van der Waals surface area contributed by atoms with Crippen LogP contribution in [-0.2, 0) is 0 Å². The number of anilines is 1. The predicted molar refractivity (Wildman–Crippen MR) is 92.7 cm³/mol. The molecule has 0 atom stereocenters. The molecule has 4 heteroatoms. The third-order valence-corrected chi connectivity index (χ3v) is 5.46. The lowest BCUT2D eigenvalue weighted by molar-refractivity contribution is 0.374. The molecule has 0 aliphatic heterocycles. The Kier molecular flexibility index (Phi) is 4.39. The number of rotatable bonds is 3. The highest BCUT2D eigenvalue weighted by molar-refractivity contribution is 9.10. The minimum atomic E-state index is 0.548. The van der Waals surface area contributed by atoms with Gasteiger partial charge in [-0.1, -0.05) is 39.7 Å². The summed E-state index contributed by atoms with van der Waals surface area (Å²) in [5.74, 6) is 0.667. The van der Waals surface area contributed by atoms with Crippen molar-refractivity contribution in [3.63, 3.8) is 0 Å². The molecule has 2 aromatic rings. The fourth-order valence-corrected chi connectivity index (χ4v) is 3.50. The molecule has 0 heterocycles. The Morgan fingerprint density at radius 1 is 1.05 bits per heavy atom. The van der Waals surface area contributed by atoms with Crippen LogP contribution < -0.4 is 5.32 Å². The Balaban J connectivity index is 1.59. The quantitative estimate of drug-likeness (QED) is 0.627. The summed E-state index contributed by atoms with van der Waals surface area (Å²) in [4.78, 5) is 0. The van der Waals surface area contributed by atoms with Crippen LogP contribution >= 0.6 is 43.5 Å². The molecule has 1 nitrogen and oxygen atoms in total. The maximum atomic E-state index is 6.00. The second-order valence-corrected chi connectivity index (χ2v) is 7.37. The van der Waals surface area contributed by atoms with Crippen LogP contribution in [0.3, 0.4) is 0 Å². The molecule has 1 N–H and O–H groups in total. The normalized spacial score (nSPS) is 21.4. The van der Waals surface area contributed by atoms with Crippen molar-refractivity contribution in [1.29, 1.82) is 0 Å². The van der Waals surface area contributed by atoms with Gasteiger partial charge in [-0.05, 0) is 70.6 Å². The van der Waals surface area contributed by atoms with Crippen molar-refractivity contribution in [2.45, 2.75) is 24.8 Å². The van der Waals surface area contributed by atoms with Crippen LogP contribution in [0.1, 0.15) is 24.3 Å². The Morgan fingerprint density at radius 3 is 2.55 bits per heavy atom. The van der Waals surface area contributed by atoms with E-state index in [1.165, 1.54) is 18.4 Å². The van der Waals surface area contributed by atoms with E-state index < -0.39 is 0 Å². The van der Waals surface area contributed by atoms with Crippen molar-refractivity contribution < 1.29 is 0 Å². The largest absolute Gasteiger partial charge is 0.382 e. The van der Waals surface area contributed by atoms with Gasteiger partial charge in [0.15, 0.2) is 0 Å². The summed E-state index contributed by atoms with van der Waals surface area (Å²) < 4.78 is 2.10. The van der Waals surface area contributed by atoms with Gasteiger partial charge in [0.2, 0.25) is 0 Å². The van der Waals surface area contributed by atoms with Crippen LogP contribution in [-0.4, -0.2) is 6.04 Å². The molecule has 0 spiro atoms. The van der Waals surface area contributed by atoms with Gasteiger partial charge in [-0.15, -0.1) is 0 Å². The first-order chi connectivity index (χ1) is 9.61. The monoisotopic (exact) mass is 413 g/mol. The average Bonchev–Trinajstić information content (AvgIpc) is 2.37. The van der Waals surface area contributed by atoms with Crippen molar-refractivity contribution >= 4 is 49.1 Å². The number of hydrogen-bond acceptors (Lipinski definition) is 1. The molecular weight excluding hydrogens is 401 g/mol. The third-order valence-electron chi connectivity index (χ3n) is 3.75. The molecule has 20 heavy (non-hydrogen) atoms. The molecule has 2 aromatic carbocycles. The van der Waals surface area contributed by atoms with E-state index in [1.54, 1.807) is 0 Å². The first kappa shape index (κ1) is 14.4. The lowest BCUT2D eigenvalue weighted by Gasteiger charge is -2.37. The van der Waals surface area contributed by atoms with Gasteiger partial charge in [0, 0.05) is 20.7 Å². The summed E-state index contributed by atoms with van der Waals surface area (Å²) in [6.07, 6.45) is 2.35. The Morgan fingerprint density at radius 2 is 1.85 bits per heavy atom. The first-order valence-electron chi connectivity index (χ1n) is 6.59. The van der Waals surface area contributed by atoms with Gasteiger partial charge in [0.25, 0.3) is 0 Å². The SMILES string of the molecule is Clc1ccc(NC2CC(c3cccc(Br)c3)C2)cc1Br. The lowest BCUT2D eigenvalue weighted by Crippen LogP contribution is -2.33. The minimum Gasteiger partial charge on any atom is -0.382 e. The van der Waals surface area contributed by atoms with Crippen LogP contribution in [0.15, 0.2) is 51.4 Å². The predicted octanol–water partition coefficient (Wildman–Crippen LogP) is 6.22. The Labute approximate surface area is 141 Å². The van der Waals surface area contributed by atoms with E-state index in [9.17, 15) is 0 Å². The fourth-order valence-electron chi connectivity index (χ4n) is 2.59. The molecule has 1 saturated carbocycles. The van der Waals surface area contributed by atoms with E-state index in [-0.39, 0.29) is 0 Å². The van der Waals surface area contributed by atoms with Crippen LogP contribution in [0.2, 0.25) is 5.02 Å². The molecule has 1 aliphatic carbocycles. The number of hydrogen-bond donors (Lipinski definition) is 1. The fraction of sp³-hybridized carbons (Fsp3) is 0.250. The summed E-state index contributed by atoms with van der Waals surface area (Å²) in [6, 6.07) is 15.1. The molecule has 0 bridgehead atoms. The zero-order valence-corrected chi connectivity index (χ0v) is 14.7. The first-order valence-corrected chi connectivity index (χ1v) is 8.55. The number of halogens is 3. The summed E-state index contributed by atoms with van der Waals surface area (Å²) in [7, 11) is 0. The Bertz CT molecular complexity index is 624. The maximum absolute atomic E-state index is 6.00. The van der Waals surface area contributed by atoms with E-state index in [2.05, 4.69) is 61.4 Å². The van der Waals surface area contributed by atoms with E-state index in [0.717, 1.165) is 19.7 Å². The topological polar surface area (TPSA) is 12.0 Å². The highest BCUT2D eigenvalue weighted by Gasteiger charge is 2.30. The Hall–Kier alpha value is -0.510. The van der Waals surface area contributed by atoms with E-state index >= 15 is 0 Å². The summed E-state index contributed by atoms with van der Waals surface area (Å²) in [5.41, 5.74) is 2.55. The van der Waals surface area contributed by atoms with Gasteiger partial charge >= 0.3 is 0 Å². The van der Waals surface area contributed by atoms with Crippen molar-refractivity contribution in [2.24, 2.45) is 0 Å². The van der Waals surface area contributed by atoms with Crippen molar-refractivity contribution in [3.8, 4) is 0 Å². The third kappa shape index (κ3) is 3.21. The standard InChI is InChI=1S/C16H14Br2ClN/c17-12-3-1-2-10(6-12)11-7-14(8-11)20-13-4-5-16(19)15(18)9-13/h1-6,9,11,14,20H,7-8H2. The highest BCUT2D eigenvalue weighted by Crippen LogP contribution is 2.39. The van der Waals surface area contributed by atoms with E-state index in [1.807, 2.05) is 18.2 Å². The van der Waals surface area contributed by atoms with Gasteiger partial charge in [0.1, 0.15) is 0 Å². The van der Waals surface area contributed by atoms with Gasteiger partial charge < -0.3 is 5.32 Å². The second-order valence-electron chi connectivity index (χ2n) is 5.19. The highest BCUT2D eigenvalue weighted by atomic mass is 79.9. The average molecular weight is 416 g/mol. The van der Waals surface area contributed by atoms with Gasteiger partial charge in [-0.3, -0.25) is 0 Å². The molecule has 0 aromatic heterocycles. The molecule has 1 fully saturated rings. The second kappa shape index (κ2) is 6.08. The summed E-state index contributed by atoms with van der Waals surface area (Å²) >= 11 is 13.0. The molecule has 0 amide bonds. The zero-order valence-electron chi connectivity index (χ0n) is 10.7. The van der Waals surface area contributed by atoms with Crippen molar-refractivity contribution in [3.05, 3.63) is 62.0 Å². The smallest absolute Gasteiger partial charge is 0.0549 e. The van der Waals surface area contributed by atoms with Gasteiger partial charge in [-0.25, -0.2) is 0 Å². The van der Waals surface area contributed by atoms with E-state index in [0.29, 0.717) is 12.0 Å². The molecule has 0 saturated heterocycles. The number of nitrogens with one attached hydrogen (secondary N) is 1. The van der Waals surface area contributed by atoms with Crippen molar-refractivity contribution in [1.82, 2.24) is 0 Å². The van der Waals surface area contributed by atoms with Gasteiger partial charge in [0.05, 0.1) is 5.02 Å². The molecule has 3 rings (SSSR count). The zero-order chi connectivity index (χ0) is 14.1.